The second-order valence-electron chi connectivity index (χ2n) is 5.01. The molecule has 0 spiro atoms. The van der Waals surface area contributed by atoms with Crippen molar-refractivity contribution in [2.24, 2.45) is 5.92 Å². The second-order valence-corrected chi connectivity index (χ2v) is 6.65. The van der Waals surface area contributed by atoms with Crippen LogP contribution < -0.4 is 4.72 Å². The number of likely N-dealkylation sites (N-methyl/N-ethyl adjacent to an activating group) is 1. The Bertz CT molecular complexity index is 520. The molecule has 0 radical (unpaired) electrons. The molecule has 1 rings (SSSR count). The lowest BCUT2D eigenvalue weighted by Gasteiger charge is -2.24. The molecule has 1 atom stereocenters. The molecular weight excluding hydrogens is 268 g/mol. The van der Waals surface area contributed by atoms with Crippen molar-refractivity contribution < 1.29 is 17.6 Å². The molecule has 19 heavy (non-hydrogen) atoms. The van der Waals surface area contributed by atoms with Crippen LogP contribution in [-0.2, 0) is 10.0 Å². The normalized spacial score (nSPS) is 14.0. The Labute approximate surface area is 113 Å². The van der Waals surface area contributed by atoms with Gasteiger partial charge in [-0.05, 0) is 32.1 Å². The molecule has 1 N–H and O–H groups in total. The second kappa shape index (κ2) is 6.31. The average Bonchev–Trinajstić information content (AvgIpc) is 2.76. The minimum atomic E-state index is -3.74. The highest BCUT2D eigenvalue weighted by Gasteiger charge is 2.25. The standard InChI is InChI=1S/C12H20N2O4S/c1-9(2)11(7-14(3)4)13-19(16,17)12-6-5-10(8-15)18-12/h5-6,8-9,11,13H,7H2,1-4H3. The van der Waals surface area contributed by atoms with E-state index in [0.717, 1.165) is 0 Å². The van der Waals surface area contributed by atoms with Gasteiger partial charge >= 0.3 is 0 Å². The van der Waals surface area contributed by atoms with Gasteiger partial charge < -0.3 is 9.32 Å². The van der Waals surface area contributed by atoms with Crippen molar-refractivity contribution in [2.45, 2.75) is 25.0 Å². The summed E-state index contributed by atoms with van der Waals surface area (Å²) in [6.07, 6.45) is 0.471. The Morgan fingerprint density at radius 2 is 2.00 bits per heavy atom. The van der Waals surface area contributed by atoms with Crippen molar-refractivity contribution in [3.63, 3.8) is 0 Å². The Morgan fingerprint density at radius 3 is 2.42 bits per heavy atom. The molecule has 0 aliphatic heterocycles. The molecule has 6 nitrogen and oxygen atoms in total. The third-order valence-electron chi connectivity index (χ3n) is 2.66. The van der Waals surface area contributed by atoms with Crippen LogP contribution in [0.15, 0.2) is 21.6 Å². The lowest BCUT2D eigenvalue weighted by atomic mass is 10.1. The fraction of sp³-hybridized carbons (Fsp3) is 0.583. The summed E-state index contributed by atoms with van der Waals surface area (Å²) >= 11 is 0. The number of aldehydes is 1. The zero-order valence-electron chi connectivity index (χ0n) is 11.6. The van der Waals surface area contributed by atoms with E-state index < -0.39 is 10.0 Å². The third kappa shape index (κ3) is 4.45. The van der Waals surface area contributed by atoms with Crippen LogP contribution in [0.4, 0.5) is 0 Å². The summed E-state index contributed by atoms with van der Waals surface area (Å²) in [6, 6.07) is 2.38. The Morgan fingerprint density at radius 1 is 1.37 bits per heavy atom. The van der Waals surface area contributed by atoms with Crippen molar-refractivity contribution in [2.75, 3.05) is 20.6 Å². The maximum atomic E-state index is 12.1. The molecule has 1 heterocycles. The molecule has 1 aromatic heterocycles. The van der Waals surface area contributed by atoms with E-state index in [9.17, 15) is 13.2 Å². The van der Waals surface area contributed by atoms with Gasteiger partial charge in [0.2, 0.25) is 5.09 Å². The zero-order valence-corrected chi connectivity index (χ0v) is 12.4. The third-order valence-corrected chi connectivity index (χ3v) is 4.02. The lowest BCUT2D eigenvalue weighted by molar-refractivity contribution is 0.109. The van der Waals surface area contributed by atoms with E-state index in [1.165, 1.54) is 12.1 Å². The van der Waals surface area contributed by atoms with Crippen molar-refractivity contribution in [1.29, 1.82) is 0 Å². The Balaban J connectivity index is 2.90. The summed E-state index contributed by atoms with van der Waals surface area (Å²) in [5, 5.41) is -0.237. The van der Waals surface area contributed by atoms with E-state index in [1.807, 2.05) is 32.8 Å². The van der Waals surface area contributed by atoms with Gasteiger partial charge in [-0.25, -0.2) is 13.1 Å². The Kier molecular flexibility index (Phi) is 5.28. The van der Waals surface area contributed by atoms with Crippen LogP contribution in [0, 0.1) is 5.92 Å². The summed E-state index contributed by atoms with van der Waals surface area (Å²) in [5.74, 6) is 0.131. The van der Waals surface area contributed by atoms with Gasteiger partial charge in [0.25, 0.3) is 10.0 Å². The number of hydrogen-bond donors (Lipinski definition) is 1. The van der Waals surface area contributed by atoms with E-state index in [1.54, 1.807) is 0 Å². The number of furan rings is 1. The highest BCUT2D eigenvalue weighted by Crippen LogP contribution is 2.14. The first-order valence-electron chi connectivity index (χ1n) is 5.98. The van der Waals surface area contributed by atoms with Gasteiger partial charge in [0.05, 0.1) is 0 Å². The topological polar surface area (TPSA) is 79.6 Å². The van der Waals surface area contributed by atoms with Crippen molar-refractivity contribution in [3.8, 4) is 0 Å². The first kappa shape index (κ1) is 15.9. The minimum Gasteiger partial charge on any atom is -0.440 e. The summed E-state index contributed by atoms with van der Waals surface area (Å²) in [5.41, 5.74) is 0. The number of sulfonamides is 1. The van der Waals surface area contributed by atoms with Crippen LogP contribution in [0.25, 0.3) is 0 Å². The first-order chi connectivity index (χ1) is 8.76. The predicted octanol–water partition coefficient (Wildman–Crippen LogP) is 0.957. The fourth-order valence-corrected chi connectivity index (χ4v) is 2.89. The molecule has 0 fully saturated rings. The van der Waals surface area contributed by atoms with Gasteiger partial charge in [0.15, 0.2) is 12.0 Å². The van der Waals surface area contributed by atoms with Gasteiger partial charge in [-0.1, -0.05) is 13.8 Å². The van der Waals surface area contributed by atoms with Crippen LogP contribution in [-0.4, -0.2) is 46.3 Å². The molecule has 1 unspecified atom stereocenters. The summed E-state index contributed by atoms with van der Waals surface area (Å²) < 4.78 is 31.8. The molecule has 0 aliphatic carbocycles. The van der Waals surface area contributed by atoms with Gasteiger partial charge in [-0.2, -0.15) is 0 Å². The molecular formula is C12H20N2O4S. The van der Waals surface area contributed by atoms with E-state index in [-0.39, 0.29) is 22.8 Å². The highest BCUT2D eigenvalue weighted by molar-refractivity contribution is 7.89. The van der Waals surface area contributed by atoms with E-state index in [0.29, 0.717) is 12.8 Å². The SMILES string of the molecule is CC(C)C(CN(C)C)NS(=O)(=O)c1ccc(C=O)o1. The monoisotopic (exact) mass is 288 g/mol. The molecule has 108 valence electrons. The quantitative estimate of drug-likeness (QED) is 0.756. The molecule has 0 bridgehead atoms. The number of hydrogen-bond acceptors (Lipinski definition) is 5. The smallest absolute Gasteiger partial charge is 0.274 e. The number of carbonyl (C=O) groups excluding carboxylic acids is 1. The minimum absolute atomic E-state index is 0.00548. The van der Waals surface area contributed by atoms with Crippen LogP contribution >= 0.6 is 0 Å². The number of carbonyl (C=O) groups is 1. The highest BCUT2D eigenvalue weighted by atomic mass is 32.2. The molecule has 0 aliphatic rings. The average molecular weight is 288 g/mol. The largest absolute Gasteiger partial charge is 0.440 e. The number of rotatable bonds is 7. The summed E-state index contributed by atoms with van der Waals surface area (Å²) in [7, 11) is 0.0105. The first-order valence-corrected chi connectivity index (χ1v) is 7.46. The van der Waals surface area contributed by atoms with Crippen molar-refractivity contribution in [3.05, 3.63) is 17.9 Å². The summed E-state index contributed by atoms with van der Waals surface area (Å²) in [4.78, 5) is 12.4. The van der Waals surface area contributed by atoms with E-state index >= 15 is 0 Å². The fourth-order valence-electron chi connectivity index (χ4n) is 1.58. The molecule has 1 aromatic rings. The molecule has 0 saturated carbocycles. The summed E-state index contributed by atoms with van der Waals surface area (Å²) in [6.45, 7) is 4.46. The van der Waals surface area contributed by atoms with Crippen molar-refractivity contribution >= 4 is 16.3 Å². The Hall–Kier alpha value is -1.18. The molecule has 7 heteroatoms. The van der Waals surface area contributed by atoms with Gasteiger partial charge in [0.1, 0.15) is 0 Å². The maximum absolute atomic E-state index is 12.1. The molecule has 0 saturated heterocycles. The van der Waals surface area contributed by atoms with Crippen LogP contribution in [0.2, 0.25) is 0 Å². The van der Waals surface area contributed by atoms with E-state index in [4.69, 9.17) is 4.42 Å². The lowest BCUT2D eigenvalue weighted by Crippen LogP contribution is -2.44. The van der Waals surface area contributed by atoms with Gasteiger partial charge in [-0.3, -0.25) is 4.79 Å². The van der Waals surface area contributed by atoms with Crippen LogP contribution in [0.1, 0.15) is 24.4 Å². The zero-order chi connectivity index (χ0) is 14.6. The molecule has 0 amide bonds. The van der Waals surface area contributed by atoms with Gasteiger partial charge in [0, 0.05) is 12.6 Å². The number of nitrogens with one attached hydrogen (secondary N) is 1. The van der Waals surface area contributed by atoms with Crippen LogP contribution in [0.5, 0.6) is 0 Å². The number of nitrogens with zero attached hydrogens (tertiary/aromatic N) is 1. The van der Waals surface area contributed by atoms with E-state index in [2.05, 4.69) is 4.72 Å². The van der Waals surface area contributed by atoms with Crippen molar-refractivity contribution in [1.82, 2.24) is 9.62 Å². The molecule has 0 aromatic carbocycles. The van der Waals surface area contributed by atoms with Crippen LogP contribution in [0.3, 0.4) is 0 Å². The maximum Gasteiger partial charge on any atom is 0.274 e. The van der Waals surface area contributed by atoms with Gasteiger partial charge in [-0.15, -0.1) is 0 Å². The predicted molar refractivity (Wildman–Crippen MR) is 71.6 cm³/mol.